The van der Waals surface area contributed by atoms with Crippen LogP contribution >= 0.6 is 35.3 Å². The molecule has 8 heteroatoms. The zero-order chi connectivity index (χ0) is 21.3. The van der Waals surface area contributed by atoms with Crippen LogP contribution in [0.3, 0.4) is 0 Å². The number of aliphatic imine (C=N–C) groups is 1. The topological polar surface area (TPSA) is 55.8 Å². The molecule has 1 aromatic heterocycles. The molecular weight excluding hydrogens is 519 g/mol. The number of piperazine rings is 1. The highest BCUT2D eigenvalue weighted by molar-refractivity contribution is 14.0. The van der Waals surface area contributed by atoms with Gasteiger partial charge in [0.1, 0.15) is 5.01 Å². The van der Waals surface area contributed by atoms with E-state index in [1.165, 1.54) is 29.1 Å². The fraction of sp³-hybridized carbons (Fsp3) is 0.565. The molecule has 31 heavy (non-hydrogen) atoms. The second kappa shape index (κ2) is 13.2. The summed E-state index contributed by atoms with van der Waals surface area (Å²) in [4.78, 5) is 15.3. The number of benzene rings is 1. The predicted octanol–water partition coefficient (Wildman–Crippen LogP) is 3.95. The maximum Gasteiger partial charge on any atom is 0.191 e. The first kappa shape index (κ1) is 25.9. The summed E-state index contributed by atoms with van der Waals surface area (Å²) in [5.41, 5.74) is 3.82. The number of rotatable bonds is 8. The van der Waals surface area contributed by atoms with Gasteiger partial charge in [0, 0.05) is 50.3 Å². The number of hydrogen-bond acceptors (Lipinski definition) is 5. The summed E-state index contributed by atoms with van der Waals surface area (Å²) >= 11 is 1.75. The van der Waals surface area contributed by atoms with E-state index in [0.717, 1.165) is 62.4 Å². The van der Waals surface area contributed by atoms with Crippen LogP contribution in [0.2, 0.25) is 0 Å². The molecule has 0 spiro atoms. The van der Waals surface area contributed by atoms with E-state index in [4.69, 9.17) is 0 Å². The molecule has 2 heterocycles. The maximum atomic E-state index is 4.57. The lowest BCUT2D eigenvalue weighted by molar-refractivity contribution is 0.253. The zero-order valence-corrected chi connectivity index (χ0v) is 22.4. The number of guanidine groups is 1. The molecule has 0 saturated carbocycles. The summed E-state index contributed by atoms with van der Waals surface area (Å²) in [7, 11) is 1.82. The fourth-order valence-corrected chi connectivity index (χ4v) is 4.59. The fourth-order valence-electron chi connectivity index (χ4n) is 3.72. The van der Waals surface area contributed by atoms with Crippen LogP contribution in [0, 0.1) is 20.8 Å². The standard InChI is InChI=1S/C23H36N6S.HI/c1-18-8-7-9-21(16-18)29-14-12-28(13-15-29)11-6-5-10-25-23(24-4)26-17-22-27-19(2)20(3)30-22;/h7-9,16H,5-6,10-15,17H2,1-4H3,(H2,24,25,26);1H. The molecule has 0 amide bonds. The van der Waals surface area contributed by atoms with Crippen molar-refractivity contribution in [1.29, 1.82) is 0 Å². The van der Waals surface area contributed by atoms with Crippen LogP contribution in [0.5, 0.6) is 0 Å². The largest absolute Gasteiger partial charge is 0.369 e. The van der Waals surface area contributed by atoms with Gasteiger partial charge in [-0.15, -0.1) is 35.3 Å². The Kier molecular flexibility index (Phi) is 11.0. The number of nitrogens with zero attached hydrogens (tertiary/aromatic N) is 4. The van der Waals surface area contributed by atoms with Crippen LogP contribution in [-0.4, -0.2) is 62.2 Å². The first-order valence-electron chi connectivity index (χ1n) is 11.0. The van der Waals surface area contributed by atoms with Crippen LogP contribution in [0.4, 0.5) is 5.69 Å². The second-order valence-corrected chi connectivity index (χ2v) is 9.26. The van der Waals surface area contributed by atoms with Gasteiger partial charge in [-0.3, -0.25) is 9.89 Å². The monoisotopic (exact) mass is 556 g/mol. The number of hydrogen-bond donors (Lipinski definition) is 2. The van der Waals surface area contributed by atoms with Crippen molar-refractivity contribution in [2.24, 2.45) is 4.99 Å². The summed E-state index contributed by atoms with van der Waals surface area (Å²) in [5.74, 6) is 0.854. The lowest BCUT2D eigenvalue weighted by Gasteiger charge is -2.36. The maximum absolute atomic E-state index is 4.57. The van der Waals surface area contributed by atoms with Gasteiger partial charge in [0.15, 0.2) is 5.96 Å². The minimum absolute atomic E-state index is 0. The van der Waals surface area contributed by atoms with Crippen molar-refractivity contribution in [2.45, 2.75) is 40.2 Å². The first-order valence-corrected chi connectivity index (χ1v) is 11.8. The quantitative estimate of drug-likeness (QED) is 0.223. The van der Waals surface area contributed by atoms with Gasteiger partial charge >= 0.3 is 0 Å². The molecule has 0 radical (unpaired) electrons. The van der Waals surface area contributed by atoms with E-state index in [-0.39, 0.29) is 24.0 Å². The number of halogens is 1. The number of aromatic nitrogens is 1. The molecule has 1 aliphatic heterocycles. The van der Waals surface area contributed by atoms with Gasteiger partial charge < -0.3 is 15.5 Å². The molecule has 0 atom stereocenters. The Morgan fingerprint density at radius 2 is 1.87 bits per heavy atom. The summed E-state index contributed by atoms with van der Waals surface area (Å²) in [6.07, 6.45) is 2.35. The van der Waals surface area contributed by atoms with Crippen molar-refractivity contribution in [2.75, 3.05) is 51.2 Å². The van der Waals surface area contributed by atoms with Crippen molar-refractivity contribution in [1.82, 2.24) is 20.5 Å². The molecular formula is C23H37IN6S. The first-order chi connectivity index (χ1) is 14.5. The van der Waals surface area contributed by atoms with Crippen LogP contribution < -0.4 is 15.5 Å². The molecule has 0 aliphatic carbocycles. The Morgan fingerprint density at radius 1 is 1.10 bits per heavy atom. The molecule has 0 bridgehead atoms. The van der Waals surface area contributed by atoms with Crippen LogP contribution in [0.15, 0.2) is 29.3 Å². The van der Waals surface area contributed by atoms with Crippen molar-refractivity contribution >= 4 is 47.0 Å². The molecule has 2 N–H and O–H groups in total. The number of anilines is 1. The van der Waals surface area contributed by atoms with Gasteiger partial charge in [-0.05, 0) is 57.9 Å². The van der Waals surface area contributed by atoms with Gasteiger partial charge in [-0.2, -0.15) is 0 Å². The third-order valence-electron chi connectivity index (χ3n) is 5.64. The number of thiazole rings is 1. The Morgan fingerprint density at radius 3 is 2.52 bits per heavy atom. The van der Waals surface area contributed by atoms with E-state index in [1.807, 2.05) is 7.05 Å². The molecule has 1 saturated heterocycles. The van der Waals surface area contributed by atoms with E-state index in [2.05, 4.69) is 75.4 Å². The van der Waals surface area contributed by atoms with Crippen molar-refractivity contribution in [3.05, 3.63) is 45.4 Å². The number of nitrogens with one attached hydrogen (secondary N) is 2. The summed E-state index contributed by atoms with van der Waals surface area (Å²) in [6.45, 7) is 13.7. The van der Waals surface area contributed by atoms with Crippen molar-refractivity contribution in [3.63, 3.8) is 0 Å². The molecule has 1 aromatic carbocycles. The highest BCUT2D eigenvalue weighted by Crippen LogP contribution is 2.18. The Balaban J connectivity index is 0.00000341. The molecule has 2 aromatic rings. The van der Waals surface area contributed by atoms with E-state index in [0.29, 0.717) is 0 Å². The normalized spacial score (nSPS) is 15.0. The average Bonchev–Trinajstić information content (AvgIpc) is 3.08. The van der Waals surface area contributed by atoms with Gasteiger partial charge in [0.05, 0.1) is 12.2 Å². The van der Waals surface area contributed by atoms with Crippen LogP contribution in [0.1, 0.15) is 34.0 Å². The molecule has 3 rings (SSSR count). The van der Waals surface area contributed by atoms with E-state index in [9.17, 15) is 0 Å². The molecule has 6 nitrogen and oxygen atoms in total. The minimum atomic E-state index is 0. The third kappa shape index (κ3) is 8.23. The highest BCUT2D eigenvalue weighted by Gasteiger charge is 2.16. The summed E-state index contributed by atoms with van der Waals surface area (Å²) in [6, 6.07) is 8.84. The summed E-state index contributed by atoms with van der Waals surface area (Å²) in [5, 5.41) is 7.89. The van der Waals surface area contributed by atoms with Crippen LogP contribution in [-0.2, 0) is 6.54 Å². The van der Waals surface area contributed by atoms with E-state index < -0.39 is 0 Å². The lowest BCUT2D eigenvalue weighted by Crippen LogP contribution is -2.46. The third-order valence-corrected chi connectivity index (χ3v) is 6.71. The molecule has 1 fully saturated rings. The average molecular weight is 557 g/mol. The number of unbranched alkanes of at least 4 members (excludes halogenated alkanes) is 1. The SMILES string of the molecule is CN=C(NCCCCN1CCN(c2cccc(C)c2)CC1)NCc1nc(C)c(C)s1.I. The Labute approximate surface area is 208 Å². The Bertz CT molecular complexity index is 810. The second-order valence-electron chi connectivity index (χ2n) is 7.98. The highest BCUT2D eigenvalue weighted by atomic mass is 127. The molecule has 1 aliphatic rings. The van der Waals surface area contributed by atoms with Crippen molar-refractivity contribution in [3.8, 4) is 0 Å². The van der Waals surface area contributed by atoms with Gasteiger partial charge in [0.25, 0.3) is 0 Å². The van der Waals surface area contributed by atoms with E-state index >= 15 is 0 Å². The number of aryl methyl sites for hydroxylation is 3. The summed E-state index contributed by atoms with van der Waals surface area (Å²) < 4.78 is 0. The Hall–Kier alpha value is -1.39. The van der Waals surface area contributed by atoms with Crippen molar-refractivity contribution < 1.29 is 0 Å². The van der Waals surface area contributed by atoms with Crippen LogP contribution in [0.25, 0.3) is 0 Å². The zero-order valence-electron chi connectivity index (χ0n) is 19.3. The van der Waals surface area contributed by atoms with Gasteiger partial charge in [0.2, 0.25) is 0 Å². The molecule has 172 valence electrons. The van der Waals surface area contributed by atoms with E-state index in [1.54, 1.807) is 11.3 Å². The van der Waals surface area contributed by atoms with Gasteiger partial charge in [-0.25, -0.2) is 4.98 Å². The smallest absolute Gasteiger partial charge is 0.191 e. The van der Waals surface area contributed by atoms with Gasteiger partial charge in [-0.1, -0.05) is 12.1 Å². The lowest BCUT2D eigenvalue weighted by atomic mass is 10.2. The molecule has 0 unspecified atom stereocenters. The predicted molar refractivity (Wildman–Crippen MR) is 144 cm³/mol. The minimum Gasteiger partial charge on any atom is -0.369 e.